The lowest BCUT2D eigenvalue weighted by molar-refractivity contribution is -0.384. The number of aromatic nitrogens is 3. The Hall–Kier alpha value is -2.95. The summed E-state index contributed by atoms with van der Waals surface area (Å²) >= 11 is 0. The minimum absolute atomic E-state index is 0.0511. The van der Waals surface area contributed by atoms with Gasteiger partial charge in [-0.25, -0.2) is 4.98 Å². The minimum atomic E-state index is -0.544. The second-order valence-corrected chi connectivity index (χ2v) is 4.03. The van der Waals surface area contributed by atoms with Gasteiger partial charge in [-0.15, -0.1) is 0 Å². The number of nitro groups is 1. The van der Waals surface area contributed by atoms with Gasteiger partial charge < -0.3 is 5.32 Å². The van der Waals surface area contributed by atoms with Gasteiger partial charge in [-0.2, -0.15) is 10.4 Å². The van der Waals surface area contributed by atoms with Gasteiger partial charge in [-0.1, -0.05) is 6.07 Å². The van der Waals surface area contributed by atoms with Gasteiger partial charge >= 0.3 is 5.69 Å². The highest BCUT2D eigenvalue weighted by Gasteiger charge is 2.18. The zero-order valence-corrected chi connectivity index (χ0v) is 10.5. The van der Waals surface area contributed by atoms with Gasteiger partial charge in [0.05, 0.1) is 4.92 Å². The third-order valence-electron chi connectivity index (χ3n) is 2.71. The van der Waals surface area contributed by atoms with E-state index < -0.39 is 4.92 Å². The molecule has 8 nitrogen and oxygen atoms in total. The van der Waals surface area contributed by atoms with Crippen LogP contribution in [0.5, 0.6) is 0 Å². The molecule has 8 heteroatoms. The van der Waals surface area contributed by atoms with Gasteiger partial charge in [-0.05, 0) is 18.6 Å². The number of aromatic amines is 1. The first kappa shape index (κ1) is 13.5. The smallest absolute Gasteiger partial charge is 0.309 e. The lowest BCUT2D eigenvalue weighted by Crippen LogP contribution is -2.06. The predicted molar refractivity (Wildman–Crippen MR) is 71.0 cm³/mol. The van der Waals surface area contributed by atoms with E-state index in [0.29, 0.717) is 18.7 Å². The summed E-state index contributed by atoms with van der Waals surface area (Å²) in [5.74, 6) is 0.770. The summed E-state index contributed by atoms with van der Waals surface area (Å²) in [5.41, 5.74) is 0.219. The fraction of sp³-hybridized carbons (Fsp3) is 0.250. The van der Waals surface area contributed by atoms with E-state index in [4.69, 9.17) is 5.26 Å². The van der Waals surface area contributed by atoms with Crippen molar-refractivity contribution in [3.63, 3.8) is 0 Å². The Morgan fingerprint density at radius 1 is 1.50 bits per heavy atom. The van der Waals surface area contributed by atoms with Crippen molar-refractivity contribution in [3.8, 4) is 6.07 Å². The highest BCUT2D eigenvalue weighted by molar-refractivity contribution is 5.68. The molecule has 20 heavy (non-hydrogen) atoms. The third kappa shape index (κ3) is 3.08. The van der Waals surface area contributed by atoms with E-state index in [2.05, 4.69) is 20.5 Å². The first-order valence-corrected chi connectivity index (χ1v) is 5.98. The zero-order chi connectivity index (χ0) is 14.4. The highest BCUT2D eigenvalue weighted by Crippen LogP contribution is 2.27. The summed E-state index contributed by atoms with van der Waals surface area (Å²) in [6.45, 7) is 0.538. The molecule has 2 aromatic rings. The van der Waals surface area contributed by atoms with Gasteiger partial charge in [0.2, 0.25) is 0 Å². The number of nitriles is 1. The van der Waals surface area contributed by atoms with E-state index >= 15 is 0 Å². The number of nitrogens with one attached hydrogen (secondary N) is 2. The molecule has 0 aliphatic rings. The Balaban J connectivity index is 1.99. The van der Waals surface area contributed by atoms with Crippen LogP contribution in [0.2, 0.25) is 0 Å². The molecule has 0 saturated heterocycles. The molecule has 2 rings (SSSR count). The molecular weight excluding hydrogens is 260 g/mol. The molecule has 0 radical (unpaired) electrons. The lowest BCUT2D eigenvalue weighted by Gasteiger charge is -2.07. The summed E-state index contributed by atoms with van der Waals surface area (Å²) in [6, 6.07) is 6.46. The largest absolute Gasteiger partial charge is 0.379 e. The maximum absolute atomic E-state index is 11.0. The maximum Gasteiger partial charge on any atom is 0.309 e. The molecule has 0 atom stereocenters. The lowest BCUT2D eigenvalue weighted by atomic mass is 10.1. The summed E-state index contributed by atoms with van der Waals surface area (Å²) in [6.07, 6.45) is 2.87. The molecule has 0 unspecified atom stereocenters. The SMILES string of the molecule is N#Cc1cccc(NCCCc2ncn[nH]2)c1[N+](=O)[O-]. The van der Waals surface area contributed by atoms with Crippen molar-refractivity contribution in [2.45, 2.75) is 12.8 Å². The summed E-state index contributed by atoms with van der Waals surface area (Å²) in [4.78, 5) is 14.5. The van der Waals surface area contributed by atoms with Crippen molar-refractivity contribution < 1.29 is 4.92 Å². The van der Waals surface area contributed by atoms with E-state index in [1.807, 2.05) is 6.07 Å². The molecule has 102 valence electrons. The fourth-order valence-electron chi connectivity index (χ4n) is 1.80. The van der Waals surface area contributed by atoms with Gasteiger partial charge in [0.25, 0.3) is 0 Å². The number of benzene rings is 1. The number of rotatable bonds is 6. The van der Waals surface area contributed by atoms with Crippen LogP contribution in [0.3, 0.4) is 0 Å². The molecule has 1 aromatic heterocycles. The molecule has 0 amide bonds. The summed E-state index contributed by atoms with van der Waals surface area (Å²) in [5, 5.41) is 29.4. The monoisotopic (exact) mass is 272 g/mol. The zero-order valence-electron chi connectivity index (χ0n) is 10.5. The van der Waals surface area contributed by atoms with Crippen LogP contribution in [-0.2, 0) is 6.42 Å². The van der Waals surface area contributed by atoms with Crippen molar-refractivity contribution in [1.29, 1.82) is 5.26 Å². The quantitative estimate of drug-likeness (QED) is 0.468. The molecule has 0 spiro atoms. The Labute approximate surface area is 114 Å². The Kier molecular flexibility index (Phi) is 4.24. The normalized spacial score (nSPS) is 9.95. The topological polar surface area (TPSA) is 121 Å². The molecule has 0 saturated carbocycles. The average molecular weight is 272 g/mol. The Morgan fingerprint density at radius 2 is 2.35 bits per heavy atom. The van der Waals surface area contributed by atoms with E-state index in [1.165, 1.54) is 12.4 Å². The molecular formula is C12H12N6O2. The standard InChI is InChI=1S/C12H12N6O2/c13-7-9-3-1-4-10(12(9)18(19)20)14-6-2-5-11-15-8-16-17-11/h1,3-4,8,14H,2,5-6H2,(H,15,16,17). The van der Waals surface area contributed by atoms with E-state index in [9.17, 15) is 10.1 Å². The van der Waals surface area contributed by atoms with Crippen LogP contribution in [0.25, 0.3) is 0 Å². The number of hydrogen-bond acceptors (Lipinski definition) is 6. The third-order valence-corrected chi connectivity index (χ3v) is 2.71. The summed E-state index contributed by atoms with van der Waals surface area (Å²) < 4.78 is 0. The van der Waals surface area contributed by atoms with Crippen molar-refractivity contribution in [2.75, 3.05) is 11.9 Å². The van der Waals surface area contributed by atoms with Gasteiger partial charge in [0.1, 0.15) is 29.5 Å². The van der Waals surface area contributed by atoms with Crippen LogP contribution in [0, 0.1) is 21.4 Å². The van der Waals surface area contributed by atoms with Gasteiger partial charge in [0, 0.05) is 13.0 Å². The van der Waals surface area contributed by atoms with E-state index in [-0.39, 0.29) is 11.3 Å². The number of anilines is 1. The maximum atomic E-state index is 11.0. The van der Waals surface area contributed by atoms with Crippen LogP contribution in [0.4, 0.5) is 11.4 Å². The van der Waals surface area contributed by atoms with Crippen LogP contribution in [0.15, 0.2) is 24.5 Å². The van der Waals surface area contributed by atoms with Crippen molar-refractivity contribution in [1.82, 2.24) is 15.2 Å². The Bertz CT molecular complexity index is 632. The Morgan fingerprint density at radius 3 is 3.00 bits per heavy atom. The van der Waals surface area contributed by atoms with Crippen LogP contribution in [-0.4, -0.2) is 26.6 Å². The van der Waals surface area contributed by atoms with Crippen LogP contribution >= 0.6 is 0 Å². The number of H-pyrrole nitrogens is 1. The summed E-state index contributed by atoms with van der Waals surface area (Å²) in [7, 11) is 0. The highest BCUT2D eigenvalue weighted by atomic mass is 16.6. The van der Waals surface area contributed by atoms with Gasteiger partial charge in [0.15, 0.2) is 0 Å². The van der Waals surface area contributed by atoms with Crippen molar-refractivity contribution in [2.24, 2.45) is 0 Å². The fourth-order valence-corrected chi connectivity index (χ4v) is 1.80. The van der Waals surface area contributed by atoms with E-state index in [1.54, 1.807) is 12.1 Å². The first-order valence-electron chi connectivity index (χ1n) is 5.98. The number of hydrogen-bond donors (Lipinski definition) is 2. The predicted octanol–water partition coefficient (Wildman–Crippen LogP) is 1.63. The molecule has 0 bridgehead atoms. The van der Waals surface area contributed by atoms with Crippen molar-refractivity contribution in [3.05, 3.63) is 46.0 Å². The second kappa shape index (κ2) is 6.29. The molecule has 1 heterocycles. The van der Waals surface area contributed by atoms with Crippen molar-refractivity contribution >= 4 is 11.4 Å². The number of nitro benzene ring substituents is 1. The minimum Gasteiger partial charge on any atom is -0.379 e. The van der Waals surface area contributed by atoms with E-state index in [0.717, 1.165) is 12.2 Å². The number of para-hydroxylation sites is 1. The molecule has 0 aliphatic carbocycles. The molecule has 2 N–H and O–H groups in total. The molecule has 1 aromatic carbocycles. The molecule has 0 fully saturated rings. The first-order chi connectivity index (χ1) is 9.72. The van der Waals surface area contributed by atoms with Crippen LogP contribution < -0.4 is 5.32 Å². The number of aryl methyl sites for hydroxylation is 1. The average Bonchev–Trinajstić information content (AvgIpc) is 2.96. The van der Waals surface area contributed by atoms with Crippen LogP contribution in [0.1, 0.15) is 17.8 Å². The van der Waals surface area contributed by atoms with Gasteiger partial charge in [-0.3, -0.25) is 15.2 Å². The second-order valence-electron chi connectivity index (χ2n) is 4.03. The number of nitrogens with zero attached hydrogens (tertiary/aromatic N) is 4. The molecule has 0 aliphatic heterocycles.